The fourth-order valence-electron chi connectivity index (χ4n) is 1.09. The fraction of sp³-hybridized carbons (Fsp3) is 0.200. The SMILES string of the molecule is CCOc1cc(/C=N/NC(N)=S)c(Br)cc1O. The Morgan fingerprint density at radius 3 is 3.00 bits per heavy atom. The Morgan fingerprint density at radius 2 is 2.41 bits per heavy atom. The van der Waals surface area contributed by atoms with E-state index in [1.165, 1.54) is 12.3 Å². The van der Waals surface area contributed by atoms with Gasteiger partial charge in [0.1, 0.15) is 0 Å². The lowest BCUT2D eigenvalue weighted by Gasteiger charge is -2.08. The molecule has 4 N–H and O–H groups in total. The highest BCUT2D eigenvalue weighted by molar-refractivity contribution is 9.10. The van der Waals surface area contributed by atoms with Crippen LogP contribution in [0.3, 0.4) is 0 Å². The van der Waals surface area contributed by atoms with Gasteiger partial charge in [0.05, 0.1) is 12.8 Å². The van der Waals surface area contributed by atoms with Crippen LogP contribution in [0.25, 0.3) is 0 Å². The van der Waals surface area contributed by atoms with Crippen LogP contribution < -0.4 is 15.9 Å². The number of aromatic hydroxyl groups is 1. The van der Waals surface area contributed by atoms with E-state index in [-0.39, 0.29) is 10.9 Å². The van der Waals surface area contributed by atoms with Crippen LogP contribution in [0.4, 0.5) is 0 Å². The maximum absolute atomic E-state index is 9.60. The largest absolute Gasteiger partial charge is 0.504 e. The third-order valence-corrected chi connectivity index (χ3v) is 2.53. The first-order chi connectivity index (χ1) is 8.04. The van der Waals surface area contributed by atoms with Crippen molar-refractivity contribution in [2.24, 2.45) is 10.8 Å². The van der Waals surface area contributed by atoms with Gasteiger partial charge in [-0.15, -0.1) is 0 Å². The number of nitrogens with zero attached hydrogens (tertiary/aromatic N) is 1. The molecule has 0 aromatic heterocycles. The number of hydrogen-bond donors (Lipinski definition) is 3. The summed E-state index contributed by atoms with van der Waals surface area (Å²) >= 11 is 7.91. The van der Waals surface area contributed by atoms with E-state index in [2.05, 4.69) is 38.7 Å². The van der Waals surface area contributed by atoms with Crippen LogP contribution in [0.5, 0.6) is 11.5 Å². The molecule has 0 radical (unpaired) electrons. The van der Waals surface area contributed by atoms with Crippen molar-refractivity contribution in [2.75, 3.05) is 6.61 Å². The minimum atomic E-state index is 0.0678. The lowest BCUT2D eigenvalue weighted by atomic mass is 10.2. The molecular formula is C10H12BrN3O2S. The van der Waals surface area contributed by atoms with Crippen molar-refractivity contribution in [3.8, 4) is 11.5 Å². The molecule has 0 aliphatic heterocycles. The number of rotatable bonds is 4. The zero-order chi connectivity index (χ0) is 12.8. The topological polar surface area (TPSA) is 79.9 Å². The molecule has 1 rings (SSSR count). The van der Waals surface area contributed by atoms with E-state index >= 15 is 0 Å². The van der Waals surface area contributed by atoms with Gasteiger partial charge in [-0.05, 0) is 47.2 Å². The number of hydrazone groups is 1. The number of hydrogen-bond acceptors (Lipinski definition) is 4. The molecule has 17 heavy (non-hydrogen) atoms. The van der Waals surface area contributed by atoms with Crippen LogP contribution in [0.15, 0.2) is 21.7 Å². The third kappa shape index (κ3) is 4.20. The van der Waals surface area contributed by atoms with Crippen molar-refractivity contribution in [1.82, 2.24) is 5.43 Å². The summed E-state index contributed by atoms with van der Waals surface area (Å²) in [5, 5.41) is 13.5. The highest BCUT2D eigenvalue weighted by Gasteiger charge is 2.07. The first-order valence-corrected chi connectivity index (χ1v) is 5.98. The van der Waals surface area contributed by atoms with E-state index in [4.69, 9.17) is 10.5 Å². The summed E-state index contributed by atoms with van der Waals surface area (Å²) in [4.78, 5) is 0. The zero-order valence-corrected chi connectivity index (χ0v) is 11.5. The average molecular weight is 318 g/mol. The summed E-state index contributed by atoms with van der Waals surface area (Å²) in [6.45, 7) is 2.31. The molecule has 0 spiro atoms. The maximum atomic E-state index is 9.60. The highest BCUT2D eigenvalue weighted by atomic mass is 79.9. The normalized spacial score (nSPS) is 10.5. The Bertz CT molecular complexity index is 451. The second-order valence-electron chi connectivity index (χ2n) is 3.01. The van der Waals surface area contributed by atoms with Gasteiger partial charge in [0, 0.05) is 10.0 Å². The fourth-order valence-corrected chi connectivity index (χ4v) is 1.58. The summed E-state index contributed by atoms with van der Waals surface area (Å²) in [5.74, 6) is 0.464. The molecule has 0 amide bonds. The first kappa shape index (κ1) is 13.7. The molecule has 0 saturated carbocycles. The summed E-state index contributed by atoms with van der Waals surface area (Å²) in [5.41, 5.74) is 8.40. The Labute approximate surface area is 113 Å². The number of benzene rings is 1. The van der Waals surface area contributed by atoms with Crippen LogP contribution in [0, 0.1) is 0 Å². The second kappa shape index (κ2) is 6.41. The molecule has 0 unspecified atom stereocenters. The number of ether oxygens (including phenoxy) is 1. The monoisotopic (exact) mass is 317 g/mol. The number of halogens is 1. The quantitative estimate of drug-likeness (QED) is 0.447. The van der Waals surface area contributed by atoms with Crippen molar-refractivity contribution in [1.29, 1.82) is 0 Å². The van der Waals surface area contributed by atoms with Crippen LogP contribution in [-0.4, -0.2) is 23.0 Å². The van der Waals surface area contributed by atoms with Crippen LogP contribution in [0.1, 0.15) is 12.5 Å². The maximum Gasteiger partial charge on any atom is 0.184 e. The predicted octanol–water partition coefficient (Wildman–Crippen LogP) is 1.72. The van der Waals surface area contributed by atoms with Gasteiger partial charge in [0.2, 0.25) is 0 Å². The summed E-state index contributed by atoms with van der Waals surface area (Å²) < 4.78 is 5.94. The lowest BCUT2D eigenvalue weighted by Crippen LogP contribution is -2.24. The van der Waals surface area contributed by atoms with Crippen molar-refractivity contribution in [3.05, 3.63) is 22.2 Å². The van der Waals surface area contributed by atoms with Gasteiger partial charge in [-0.3, -0.25) is 5.43 Å². The molecule has 0 bridgehead atoms. The van der Waals surface area contributed by atoms with E-state index in [1.807, 2.05) is 6.92 Å². The number of phenolic OH excluding ortho intramolecular Hbond substituents is 1. The molecular weight excluding hydrogens is 306 g/mol. The molecule has 92 valence electrons. The number of thiocarbonyl (C=S) groups is 1. The molecule has 0 heterocycles. The highest BCUT2D eigenvalue weighted by Crippen LogP contribution is 2.31. The number of phenols is 1. The number of nitrogens with two attached hydrogens (primary N) is 1. The molecule has 5 nitrogen and oxygen atoms in total. The first-order valence-electron chi connectivity index (χ1n) is 4.78. The Kier molecular flexibility index (Phi) is 5.17. The third-order valence-electron chi connectivity index (χ3n) is 1.76. The van der Waals surface area contributed by atoms with Gasteiger partial charge in [0.15, 0.2) is 16.6 Å². The van der Waals surface area contributed by atoms with E-state index < -0.39 is 0 Å². The molecule has 0 atom stereocenters. The minimum Gasteiger partial charge on any atom is -0.504 e. The Hall–Kier alpha value is -1.34. The molecule has 0 aliphatic rings. The Balaban J connectivity index is 2.94. The van der Waals surface area contributed by atoms with Crippen molar-refractivity contribution in [2.45, 2.75) is 6.92 Å². The summed E-state index contributed by atoms with van der Waals surface area (Å²) in [6, 6.07) is 3.20. The minimum absolute atomic E-state index is 0.0678. The Morgan fingerprint density at radius 1 is 1.71 bits per heavy atom. The van der Waals surface area contributed by atoms with E-state index in [9.17, 15) is 5.11 Å². The molecule has 0 aliphatic carbocycles. The molecule has 0 fully saturated rings. The molecule has 1 aromatic carbocycles. The predicted molar refractivity (Wildman–Crippen MR) is 74.5 cm³/mol. The van der Waals surface area contributed by atoms with Crippen LogP contribution >= 0.6 is 28.1 Å². The van der Waals surface area contributed by atoms with Crippen molar-refractivity contribution in [3.63, 3.8) is 0 Å². The van der Waals surface area contributed by atoms with Crippen LogP contribution in [-0.2, 0) is 0 Å². The smallest absolute Gasteiger partial charge is 0.184 e. The standard InChI is InChI=1S/C10H12BrN3O2S/c1-2-16-9-3-6(5-13-14-10(12)17)7(11)4-8(9)15/h3-5,15H,2H2,1H3,(H3,12,14,17)/b13-5+. The average Bonchev–Trinajstić information content (AvgIpc) is 2.24. The lowest BCUT2D eigenvalue weighted by molar-refractivity contribution is 0.318. The van der Waals surface area contributed by atoms with Gasteiger partial charge >= 0.3 is 0 Å². The van der Waals surface area contributed by atoms with E-state index in [0.717, 1.165) is 5.56 Å². The summed E-state index contributed by atoms with van der Waals surface area (Å²) in [7, 11) is 0. The molecule has 1 aromatic rings. The van der Waals surface area contributed by atoms with Gasteiger partial charge < -0.3 is 15.6 Å². The van der Waals surface area contributed by atoms with E-state index in [1.54, 1.807) is 6.07 Å². The molecule has 7 heteroatoms. The van der Waals surface area contributed by atoms with Gasteiger partial charge in [0.25, 0.3) is 0 Å². The zero-order valence-electron chi connectivity index (χ0n) is 9.11. The van der Waals surface area contributed by atoms with Crippen LogP contribution in [0.2, 0.25) is 0 Å². The molecule has 0 saturated heterocycles. The van der Waals surface area contributed by atoms with Gasteiger partial charge in [-0.25, -0.2) is 0 Å². The van der Waals surface area contributed by atoms with Gasteiger partial charge in [-0.1, -0.05) is 0 Å². The van der Waals surface area contributed by atoms with E-state index in [0.29, 0.717) is 16.8 Å². The summed E-state index contributed by atoms with van der Waals surface area (Å²) in [6.07, 6.45) is 1.52. The van der Waals surface area contributed by atoms with Crippen molar-refractivity contribution < 1.29 is 9.84 Å². The van der Waals surface area contributed by atoms with Crippen molar-refractivity contribution >= 4 is 39.5 Å². The number of nitrogens with one attached hydrogen (secondary N) is 1. The second-order valence-corrected chi connectivity index (χ2v) is 4.30. The van der Waals surface area contributed by atoms with Gasteiger partial charge in [-0.2, -0.15) is 5.10 Å².